The summed E-state index contributed by atoms with van der Waals surface area (Å²) in [6, 6.07) is 12.0. The van der Waals surface area contributed by atoms with E-state index in [4.69, 9.17) is 0 Å². The zero-order valence-electron chi connectivity index (χ0n) is 16.1. The molecule has 2 aliphatic carbocycles. The van der Waals surface area contributed by atoms with Crippen molar-refractivity contribution in [1.29, 1.82) is 0 Å². The number of fused-ring (bicyclic) bond motifs is 1. The first-order valence-electron chi connectivity index (χ1n) is 10.4. The Kier molecular flexibility index (Phi) is 5.43. The van der Waals surface area contributed by atoms with Gasteiger partial charge in [-0.05, 0) is 84.3 Å². The molecule has 0 amide bonds. The molecule has 2 aromatic carbocycles. The quantitative estimate of drug-likeness (QED) is 0.536. The number of allylic oxidation sites excluding steroid dienone is 2. The molecule has 0 bridgehead atoms. The molecule has 142 valence electrons. The van der Waals surface area contributed by atoms with Gasteiger partial charge in [-0.25, -0.2) is 8.78 Å². The van der Waals surface area contributed by atoms with Crippen molar-refractivity contribution in [3.8, 4) is 0 Å². The Morgan fingerprint density at radius 2 is 1.67 bits per heavy atom. The topological polar surface area (TPSA) is 0 Å². The molecule has 1 saturated carbocycles. The molecule has 0 atom stereocenters. The smallest absolute Gasteiger partial charge is 0.162 e. The van der Waals surface area contributed by atoms with Gasteiger partial charge in [-0.1, -0.05) is 56.2 Å². The summed E-state index contributed by atoms with van der Waals surface area (Å²) >= 11 is 0. The number of benzene rings is 2. The van der Waals surface area contributed by atoms with E-state index in [0.717, 1.165) is 11.5 Å². The first-order valence-corrected chi connectivity index (χ1v) is 10.4. The van der Waals surface area contributed by atoms with Crippen LogP contribution in [0.1, 0.15) is 73.6 Å². The molecule has 2 aromatic rings. The maximum Gasteiger partial charge on any atom is 0.162 e. The lowest BCUT2D eigenvalue weighted by Crippen LogP contribution is -2.13. The maximum absolute atomic E-state index is 13.9. The van der Waals surface area contributed by atoms with Crippen molar-refractivity contribution in [2.45, 2.75) is 64.2 Å². The van der Waals surface area contributed by atoms with Gasteiger partial charge >= 0.3 is 0 Å². The van der Waals surface area contributed by atoms with Crippen LogP contribution < -0.4 is 0 Å². The lowest BCUT2D eigenvalue weighted by molar-refractivity contribution is 0.308. The molecule has 0 aliphatic heterocycles. The Morgan fingerprint density at radius 3 is 2.37 bits per heavy atom. The number of halogens is 2. The Morgan fingerprint density at radius 1 is 0.926 bits per heavy atom. The first kappa shape index (κ1) is 18.4. The Bertz CT molecular complexity index is 824. The minimum atomic E-state index is -0.747. The number of hydrogen-bond donors (Lipinski definition) is 0. The largest absolute Gasteiger partial charge is 0.204 e. The summed E-state index contributed by atoms with van der Waals surface area (Å²) in [5, 5.41) is 0. The highest BCUT2D eigenvalue weighted by Crippen LogP contribution is 2.38. The lowest BCUT2D eigenvalue weighted by atomic mass is 9.77. The summed E-state index contributed by atoms with van der Waals surface area (Å²) in [5.41, 5.74) is 5.29. The molecule has 0 nitrogen and oxygen atoms in total. The Balaban J connectivity index is 1.44. The standard InChI is InChI=1S/C25H28F2/c1-2-3-17-4-6-18(7-5-17)19-8-10-20(11-9-19)21-12-14-23-22(16-21)13-15-24(26)25(23)27/h8-13,15,17-18H,2-7,14,16H2,1H3. The maximum atomic E-state index is 13.9. The molecule has 0 unspecified atom stereocenters. The SMILES string of the molecule is CCCC1CCC(c2ccc(C3=CCc4c(ccc(F)c4F)C3)cc2)CC1. The third kappa shape index (κ3) is 3.85. The normalized spacial score (nSPS) is 22.3. The van der Waals surface area contributed by atoms with Gasteiger partial charge in [0.15, 0.2) is 11.6 Å². The van der Waals surface area contributed by atoms with Gasteiger partial charge in [0.05, 0.1) is 0 Å². The third-order valence-electron chi connectivity index (χ3n) is 6.52. The molecule has 4 rings (SSSR count). The average molecular weight is 366 g/mol. The van der Waals surface area contributed by atoms with E-state index in [1.165, 1.54) is 61.3 Å². The summed E-state index contributed by atoms with van der Waals surface area (Å²) in [6.45, 7) is 2.29. The van der Waals surface area contributed by atoms with E-state index in [9.17, 15) is 8.78 Å². The molecule has 0 saturated heterocycles. The Hall–Kier alpha value is -1.96. The number of hydrogen-bond acceptors (Lipinski definition) is 0. The van der Waals surface area contributed by atoms with Gasteiger partial charge in [0, 0.05) is 0 Å². The molecule has 0 spiro atoms. The van der Waals surface area contributed by atoms with Crippen LogP contribution in [-0.2, 0) is 12.8 Å². The second-order valence-electron chi connectivity index (χ2n) is 8.24. The number of rotatable bonds is 4. The van der Waals surface area contributed by atoms with E-state index < -0.39 is 11.6 Å². The van der Waals surface area contributed by atoms with E-state index in [0.29, 0.717) is 24.3 Å². The molecule has 2 heteroatoms. The van der Waals surface area contributed by atoms with Crippen LogP contribution in [0.15, 0.2) is 42.5 Å². The summed E-state index contributed by atoms with van der Waals surface area (Å²) in [5.74, 6) is 0.203. The van der Waals surface area contributed by atoms with Crippen LogP contribution in [0.2, 0.25) is 0 Å². The molecule has 0 heterocycles. The highest BCUT2D eigenvalue weighted by Gasteiger charge is 2.22. The van der Waals surface area contributed by atoms with Crippen LogP contribution in [0.25, 0.3) is 5.57 Å². The van der Waals surface area contributed by atoms with Crippen molar-refractivity contribution < 1.29 is 8.78 Å². The van der Waals surface area contributed by atoms with E-state index in [1.54, 1.807) is 6.07 Å². The van der Waals surface area contributed by atoms with Crippen LogP contribution in [0.5, 0.6) is 0 Å². The second-order valence-corrected chi connectivity index (χ2v) is 8.24. The fourth-order valence-corrected chi connectivity index (χ4v) is 4.90. The van der Waals surface area contributed by atoms with Crippen LogP contribution in [0.3, 0.4) is 0 Å². The lowest BCUT2D eigenvalue weighted by Gasteiger charge is -2.28. The van der Waals surface area contributed by atoms with Crippen LogP contribution >= 0.6 is 0 Å². The molecule has 0 aromatic heterocycles. The van der Waals surface area contributed by atoms with Crippen molar-refractivity contribution in [1.82, 2.24) is 0 Å². The monoisotopic (exact) mass is 366 g/mol. The van der Waals surface area contributed by atoms with Gasteiger partial charge in [0.1, 0.15) is 0 Å². The van der Waals surface area contributed by atoms with E-state index in [1.807, 2.05) is 0 Å². The van der Waals surface area contributed by atoms with Crippen LogP contribution in [0, 0.1) is 17.6 Å². The van der Waals surface area contributed by atoms with E-state index in [-0.39, 0.29) is 0 Å². The molecule has 0 radical (unpaired) electrons. The fourth-order valence-electron chi connectivity index (χ4n) is 4.90. The van der Waals surface area contributed by atoms with Gasteiger partial charge in [0.25, 0.3) is 0 Å². The predicted molar refractivity (Wildman–Crippen MR) is 108 cm³/mol. The molecular formula is C25H28F2. The highest BCUT2D eigenvalue weighted by molar-refractivity contribution is 5.70. The van der Waals surface area contributed by atoms with Gasteiger partial charge in [-0.3, -0.25) is 0 Å². The summed E-state index contributed by atoms with van der Waals surface area (Å²) in [6.07, 6.45) is 11.2. The predicted octanol–water partition coefficient (Wildman–Crippen LogP) is 7.22. The van der Waals surface area contributed by atoms with Crippen molar-refractivity contribution in [3.05, 3.63) is 76.4 Å². The molecule has 1 fully saturated rings. The van der Waals surface area contributed by atoms with Gasteiger partial charge in [-0.15, -0.1) is 0 Å². The zero-order valence-corrected chi connectivity index (χ0v) is 16.1. The van der Waals surface area contributed by atoms with Crippen molar-refractivity contribution in [3.63, 3.8) is 0 Å². The first-order chi connectivity index (χ1) is 13.2. The molecule has 27 heavy (non-hydrogen) atoms. The van der Waals surface area contributed by atoms with Crippen molar-refractivity contribution in [2.75, 3.05) is 0 Å². The van der Waals surface area contributed by atoms with Crippen molar-refractivity contribution >= 4 is 5.57 Å². The molecule has 2 aliphatic rings. The minimum absolute atomic E-state index is 0.470. The van der Waals surface area contributed by atoms with Gasteiger partial charge in [-0.2, -0.15) is 0 Å². The molecular weight excluding hydrogens is 338 g/mol. The fraction of sp³-hybridized carbons (Fsp3) is 0.440. The summed E-state index contributed by atoms with van der Waals surface area (Å²) in [7, 11) is 0. The molecule has 0 N–H and O–H groups in total. The van der Waals surface area contributed by atoms with E-state index >= 15 is 0 Å². The van der Waals surface area contributed by atoms with Crippen LogP contribution in [-0.4, -0.2) is 0 Å². The van der Waals surface area contributed by atoms with Crippen molar-refractivity contribution in [2.24, 2.45) is 5.92 Å². The van der Waals surface area contributed by atoms with Gasteiger partial charge < -0.3 is 0 Å². The van der Waals surface area contributed by atoms with E-state index in [2.05, 4.69) is 37.3 Å². The minimum Gasteiger partial charge on any atom is -0.204 e. The van der Waals surface area contributed by atoms with Crippen LogP contribution in [0.4, 0.5) is 8.78 Å². The Labute approximate surface area is 161 Å². The van der Waals surface area contributed by atoms with Gasteiger partial charge in [0.2, 0.25) is 0 Å². The average Bonchev–Trinajstić information content (AvgIpc) is 2.72. The third-order valence-corrected chi connectivity index (χ3v) is 6.52. The highest BCUT2D eigenvalue weighted by atomic mass is 19.2. The zero-order chi connectivity index (χ0) is 18.8. The summed E-state index contributed by atoms with van der Waals surface area (Å²) < 4.78 is 27.4. The second kappa shape index (κ2) is 7.96. The summed E-state index contributed by atoms with van der Waals surface area (Å²) in [4.78, 5) is 0.